The zero-order chi connectivity index (χ0) is 49.2. The number of carbonyl (C=O) groups is 5. The van der Waals surface area contributed by atoms with E-state index in [-0.39, 0.29) is 47.4 Å². The second-order valence-electron chi connectivity index (χ2n) is 19.9. The number of piperazine rings is 1. The number of carbonyl (C=O) groups excluding carboxylic acids is 5. The molecule has 11 rings (SSSR count). The van der Waals surface area contributed by atoms with Crippen molar-refractivity contribution in [2.24, 2.45) is 7.05 Å². The molecule has 0 radical (unpaired) electrons. The van der Waals surface area contributed by atoms with Gasteiger partial charge in [-0.2, -0.15) is 5.10 Å². The summed E-state index contributed by atoms with van der Waals surface area (Å²) in [5, 5.41) is 11.1. The quantitative estimate of drug-likeness (QED) is 0.0653. The van der Waals surface area contributed by atoms with Crippen molar-refractivity contribution in [2.45, 2.75) is 97.0 Å². The average molecular weight is 969 g/mol. The Morgan fingerprint density at radius 1 is 0.843 bits per heavy atom. The fourth-order valence-corrected chi connectivity index (χ4v) is 11.3. The van der Waals surface area contributed by atoms with Gasteiger partial charge in [0.05, 0.1) is 34.0 Å². The highest BCUT2D eigenvalue weighted by Crippen LogP contribution is 2.43. The lowest BCUT2D eigenvalue weighted by atomic mass is 9.87. The minimum Gasteiger partial charge on any atom is -0.493 e. The molecule has 7 heterocycles. The topological polar surface area (TPSA) is 158 Å². The zero-order valence-corrected chi connectivity index (χ0v) is 41.2. The average Bonchev–Trinajstić information content (AvgIpc) is 3.88. The lowest BCUT2D eigenvalue weighted by Gasteiger charge is -2.56. The van der Waals surface area contributed by atoms with E-state index < -0.39 is 29.4 Å². The molecule has 4 aromatic carbocycles. The van der Waals surface area contributed by atoms with Crippen molar-refractivity contribution >= 4 is 62.9 Å². The van der Waals surface area contributed by atoms with Crippen molar-refractivity contribution < 1.29 is 38.2 Å². The number of rotatable bonds is 14. The lowest BCUT2D eigenvalue weighted by molar-refractivity contribution is -0.156. The van der Waals surface area contributed by atoms with Gasteiger partial charge in [-0.3, -0.25) is 33.7 Å². The van der Waals surface area contributed by atoms with E-state index in [1.807, 2.05) is 87.6 Å². The van der Waals surface area contributed by atoms with Crippen LogP contribution in [0.4, 0.5) is 0 Å². The Balaban J connectivity index is 0.895. The van der Waals surface area contributed by atoms with Gasteiger partial charge < -0.3 is 29.0 Å². The molecule has 70 heavy (non-hydrogen) atoms. The van der Waals surface area contributed by atoms with Crippen LogP contribution in [0.1, 0.15) is 94.6 Å². The Bertz CT molecular complexity index is 3100. The van der Waals surface area contributed by atoms with Crippen molar-refractivity contribution in [2.75, 3.05) is 39.4 Å². The van der Waals surface area contributed by atoms with Crippen LogP contribution in [0, 0.1) is 13.8 Å². The zero-order valence-electron chi connectivity index (χ0n) is 40.5. The number of ether oxygens (including phenoxy) is 3. The standard InChI is InChI=1S/C54H58ClN7O8/c1-31-45(32(2)58(6)57-31)47-40(55)22-21-38-37(17-12-26-68-42-19-9-14-33-13-7-8-15-36(33)42)49(53(67)70-54(3,4)5)60(48(38)47)25-24-59-28-34-27-35(29-59)61(34)44(63)30-69-43-20-10-16-39-46(43)52(66)62(51(39)65)41-18-11-23-56-50(41)64/h7-10,13-16,19-22,34-35,41H,11-12,17-18,23-30H2,1-6H3,(H,56,64). The highest BCUT2D eigenvalue weighted by molar-refractivity contribution is 6.35. The fourth-order valence-electron chi connectivity index (χ4n) is 11.1. The molecular weight excluding hydrogens is 910 g/mol. The molecule has 15 nitrogen and oxygen atoms in total. The molecule has 3 atom stereocenters. The van der Waals surface area contributed by atoms with Crippen LogP contribution in [-0.4, -0.2) is 122 Å². The van der Waals surface area contributed by atoms with E-state index >= 15 is 0 Å². The minimum absolute atomic E-state index is 0.0606. The summed E-state index contributed by atoms with van der Waals surface area (Å²) >= 11 is 7.23. The molecular formula is C54H58ClN7O8. The van der Waals surface area contributed by atoms with Gasteiger partial charge in [-0.05, 0) is 102 Å². The number of hydrogen-bond donors (Lipinski definition) is 1. The number of aryl methyl sites for hydroxylation is 3. The molecule has 364 valence electrons. The summed E-state index contributed by atoms with van der Waals surface area (Å²) in [5.41, 5.74) is 5.15. The number of hydrogen-bond acceptors (Lipinski definition) is 10. The van der Waals surface area contributed by atoms with Crippen LogP contribution < -0.4 is 14.8 Å². The molecule has 4 amide bonds. The first-order valence-electron chi connectivity index (χ1n) is 24.2. The van der Waals surface area contributed by atoms with Gasteiger partial charge >= 0.3 is 5.97 Å². The summed E-state index contributed by atoms with van der Waals surface area (Å²) in [6, 6.07) is 21.9. The van der Waals surface area contributed by atoms with Crippen molar-refractivity contribution in [1.29, 1.82) is 0 Å². The molecule has 4 saturated heterocycles. The van der Waals surface area contributed by atoms with Crippen LogP contribution in [0.15, 0.2) is 72.8 Å². The third-order valence-electron chi connectivity index (χ3n) is 14.2. The second-order valence-corrected chi connectivity index (χ2v) is 20.3. The number of esters is 1. The summed E-state index contributed by atoms with van der Waals surface area (Å²) in [4.78, 5) is 73.5. The van der Waals surface area contributed by atoms with Crippen LogP contribution in [0.2, 0.25) is 5.02 Å². The molecule has 0 spiro atoms. The first-order valence-corrected chi connectivity index (χ1v) is 24.6. The van der Waals surface area contributed by atoms with Crippen LogP contribution in [-0.2, 0) is 34.3 Å². The SMILES string of the molecule is Cc1nn(C)c(C)c1-c1c(Cl)ccc2c(CCCOc3cccc4ccccc34)c(C(=O)OC(C)(C)C)n(CCN3CC4CC(C3)N4C(=O)COc3cccc4c3C(=O)N(C3CCCNC3=O)C4=O)c12. The second kappa shape index (κ2) is 18.6. The molecule has 4 fully saturated rings. The minimum atomic E-state index is -0.886. The van der Waals surface area contributed by atoms with E-state index in [0.29, 0.717) is 75.7 Å². The van der Waals surface area contributed by atoms with E-state index in [4.69, 9.17) is 30.9 Å². The molecule has 0 aliphatic carbocycles. The summed E-state index contributed by atoms with van der Waals surface area (Å²) in [6.45, 7) is 12.5. The number of piperidine rings is 2. The third kappa shape index (κ3) is 8.46. The van der Waals surface area contributed by atoms with Crippen LogP contribution in [0.3, 0.4) is 0 Å². The summed E-state index contributed by atoms with van der Waals surface area (Å²) < 4.78 is 22.6. The van der Waals surface area contributed by atoms with Gasteiger partial charge in [0, 0.05) is 79.4 Å². The van der Waals surface area contributed by atoms with E-state index in [0.717, 1.165) is 66.8 Å². The number of nitrogens with zero attached hydrogens (tertiary/aromatic N) is 6. The van der Waals surface area contributed by atoms with Crippen LogP contribution in [0.5, 0.6) is 11.5 Å². The summed E-state index contributed by atoms with van der Waals surface area (Å²) in [7, 11) is 1.91. The van der Waals surface area contributed by atoms with E-state index in [1.54, 1.807) is 18.2 Å². The first-order chi connectivity index (χ1) is 33.6. The lowest BCUT2D eigenvalue weighted by Crippen LogP contribution is -2.70. The van der Waals surface area contributed by atoms with Crippen molar-refractivity contribution in [3.63, 3.8) is 0 Å². The molecule has 16 heteroatoms. The predicted octanol–water partition coefficient (Wildman–Crippen LogP) is 7.67. The van der Waals surface area contributed by atoms with E-state index in [2.05, 4.69) is 33.0 Å². The maximum absolute atomic E-state index is 14.7. The summed E-state index contributed by atoms with van der Waals surface area (Å²) in [5.74, 6) is -1.17. The Labute approximate surface area is 411 Å². The Morgan fingerprint density at radius 2 is 1.59 bits per heavy atom. The molecule has 2 bridgehead atoms. The monoisotopic (exact) mass is 967 g/mol. The molecule has 5 aliphatic heterocycles. The number of aromatic nitrogens is 3. The van der Waals surface area contributed by atoms with Crippen LogP contribution >= 0.6 is 11.6 Å². The fraction of sp³-hybridized carbons (Fsp3) is 0.407. The molecule has 6 aromatic rings. The molecule has 3 unspecified atom stereocenters. The highest BCUT2D eigenvalue weighted by Gasteiger charge is 2.48. The van der Waals surface area contributed by atoms with Gasteiger partial charge in [0.25, 0.3) is 17.7 Å². The van der Waals surface area contributed by atoms with Gasteiger partial charge in [0.2, 0.25) is 5.91 Å². The number of nitrogens with one attached hydrogen (secondary N) is 1. The number of amides is 4. The van der Waals surface area contributed by atoms with Gasteiger partial charge in [0.15, 0.2) is 6.61 Å². The largest absolute Gasteiger partial charge is 0.493 e. The van der Waals surface area contributed by atoms with Gasteiger partial charge in [-0.15, -0.1) is 0 Å². The van der Waals surface area contributed by atoms with Gasteiger partial charge in [0.1, 0.15) is 28.8 Å². The molecule has 0 saturated carbocycles. The number of fused-ring (bicyclic) bond motifs is 5. The van der Waals surface area contributed by atoms with Gasteiger partial charge in [-0.25, -0.2) is 4.79 Å². The maximum atomic E-state index is 14.7. The van der Waals surface area contributed by atoms with Crippen molar-refractivity contribution in [3.05, 3.63) is 112 Å². The normalized spacial score (nSPS) is 19.1. The molecule has 2 aromatic heterocycles. The van der Waals surface area contributed by atoms with Crippen molar-refractivity contribution in [1.82, 2.24) is 34.4 Å². The Morgan fingerprint density at radius 3 is 2.33 bits per heavy atom. The third-order valence-corrected chi connectivity index (χ3v) is 14.5. The molecule has 1 N–H and O–H groups in total. The first kappa shape index (κ1) is 47.0. The van der Waals surface area contributed by atoms with Gasteiger partial charge in [-0.1, -0.05) is 60.1 Å². The summed E-state index contributed by atoms with van der Waals surface area (Å²) in [6.07, 6.45) is 3.05. The molecule has 5 aliphatic rings. The Kier molecular flexibility index (Phi) is 12.5. The van der Waals surface area contributed by atoms with E-state index in [9.17, 15) is 24.0 Å². The smallest absolute Gasteiger partial charge is 0.355 e. The van der Waals surface area contributed by atoms with E-state index in [1.165, 1.54) is 0 Å². The van der Waals surface area contributed by atoms with Crippen LogP contribution in [0.25, 0.3) is 32.8 Å². The number of imide groups is 1. The highest BCUT2D eigenvalue weighted by atomic mass is 35.5. The predicted molar refractivity (Wildman–Crippen MR) is 266 cm³/mol. The maximum Gasteiger partial charge on any atom is 0.355 e. The van der Waals surface area contributed by atoms with Crippen molar-refractivity contribution in [3.8, 4) is 22.6 Å². The number of halogens is 1. The Hall–Kier alpha value is -6.71. The number of benzene rings is 4.